The van der Waals surface area contributed by atoms with Crippen LogP contribution in [0.1, 0.15) is 67.4 Å². The lowest BCUT2D eigenvalue weighted by molar-refractivity contribution is -0.117. The van der Waals surface area contributed by atoms with Crippen LogP contribution in [-0.4, -0.2) is 49.8 Å². The molecule has 1 N–H and O–H groups in total. The number of carbonyl (C=O) groups is 1. The van der Waals surface area contributed by atoms with E-state index in [1.807, 2.05) is 11.6 Å². The number of aromatic nitrogens is 4. The minimum atomic E-state index is -0.0440. The van der Waals surface area contributed by atoms with E-state index in [1.165, 1.54) is 12.8 Å². The van der Waals surface area contributed by atoms with Gasteiger partial charge in [-0.15, -0.1) is 0 Å². The Labute approximate surface area is 171 Å². The Balaban J connectivity index is 1.42. The highest BCUT2D eigenvalue weighted by atomic mass is 16.2. The van der Waals surface area contributed by atoms with Gasteiger partial charge in [0.1, 0.15) is 24.5 Å². The monoisotopic (exact) mass is 395 g/mol. The highest BCUT2D eigenvalue weighted by molar-refractivity contribution is 5.93. The third-order valence-electron chi connectivity index (χ3n) is 6.55. The number of anilines is 1. The summed E-state index contributed by atoms with van der Waals surface area (Å²) in [5, 5.41) is 17.0. The molecule has 1 aliphatic carbocycles. The lowest BCUT2D eigenvalue weighted by atomic mass is 10.1. The number of nitrogens with one attached hydrogen (secondary N) is 1. The fourth-order valence-electron chi connectivity index (χ4n) is 4.83. The molecule has 0 aromatic carbocycles. The van der Waals surface area contributed by atoms with Gasteiger partial charge < -0.3 is 9.88 Å². The average molecular weight is 396 g/mol. The number of amides is 1. The molecule has 2 aliphatic rings. The summed E-state index contributed by atoms with van der Waals surface area (Å²) >= 11 is 0. The van der Waals surface area contributed by atoms with Crippen molar-refractivity contribution in [1.29, 1.82) is 5.26 Å². The van der Waals surface area contributed by atoms with E-state index >= 15 is 0 Å². The number of likely N-dealkylation sites (tertiary alicyclic amines) is 1. The molecule has 0 unspecified atom stereocenters. The van der Waals surface area contributed by atoms with Crippen LogP contribution in [0.3, 0.4) is 0 Å². The Hall–Kier alpha value is -2.66. The van der Waals surface area contributed by atoms with Crippen molar-refractivity contribution in [1.82, 2.24) is 24.2 Å². The van der Waals surface area contributed by atoms with Gasteiger partial charge in [0.15, 0.2) is 0 Å². The summed E-state index contributed by atoms with van der Waals surface area (Å²) in [7, 11) is 0. The summed E-state index contributed by atoms with van der Waals surface area (Å²) in [5.41, 5.74) is 2.67. The van der Waals surface area contributed by atoms with Crippen LogP contribution in [0.4, 0.5) is 5.82 Å². The van der Waals surface area contributed by atoms with Gasteiger partial charge in [-0.25, -0.2) is 9.67 Å². The van der Waals surface area contributed by atoms with Crippen LogP contribution in [0.2, 0.25) is 0 Å². The molecule has 4 rings (SSSR count). The van der Waals surface area contributed by atoms with Gasteiger partial charge in [-0.2, -0.15) is 10.4 Å². The zero-order valence-corrected chi connectivity index (χ0v) is 17.3. The molecule has 1 aliphatic heterocycles. The highest BCUT2D eigenvalue weighted by Crippen LogP contribution is 2.37. The van der Waals surface area contributed by atoms with Crippen LogP contribution in [0.5, 0.6) is 0 Å². The van der Waals surface area contributed by atoms with Gasteiger partial charge in [0.05, 0.1) is 18.2 Å². The molecule has 8 nitrogen and oxygen atoms in total. The standard InChI is InChI=1S/C21H29N7O/c1-15-16(2)28(18-5-3-4-6-18)21(19(15)11-22)25-20(29)12-26-9-7-17(8-10-26)27-14-23-13-24-27/h13-14,17-18H,3-10,12H2,1-2H3,(H,25,29). The third-order valence-corrected chi connectivity index (χ3v) is 6.55. The van der Waals surface area contributed by atoms with E-state index in [9.17, 15) is 10.1 Å². The smallest absolute Gasteiger partial charge is 0.239 e. The van der Waals surface area contributed by atoms with Crippen molar-refractivity contribution in [3.8, 4) is 6.07 Å². The van der Waals surface area contributed by atoms with Crippen molar-refractivity contribution >= 4 is 11.7 Å². The van der Waals surface area contributed by atoms with E-state index in [-0.39, 0.29) is 5.91 Å². The Morgan fingerprint density at radius 1 is 1.21 bits per heavy atom. The van der Waals surface area contributed by atoms with E-state index in [1.54, 1.807) is 12.7 Å². The van der Waals surface area contributed by atoms with Crippen LogP contribution >= 0.6 is 0 Å². The minimum Gasteiger partial charge on any atom is -0.327 e. The van der Waals surface area contributed by atoms with E-state index < -0.39 is 0 Å². The summed E-state index contributed by atoms with van der Waals surface area (Å²) in [4.78, 5) is 19.0. The molecular weight excluding hydrogens is 366 g/mol. The summed E-state index contributed by atoms with van der Waals surface area (Å²) in [5.74, 6) is 0.648. The van der Waals surface area contributed by atoms with Crippen molar-refractivity contribution in [3.63, 3.8) is 0 Å². The second-order valence-corrected chi connectivity index (χ2v) is 8.29. The van der Waals surface area contributed by atoms with E-state index in [0.29, 0.717) is 30.0 Å². The molecule has 29 heavy (non-hydrogen) atoms. The first-order chi connectivity index (χ1) is 14.1. The number of rotatable bonds is 5. The van der Waals surface area contributed by atoms with E-state index in [0.717, 1.165) is 50.0 Å². The fourth-order valence-corrected chi connectivity index (χ4v) is 4.83. The van der Waals surface area contributed by atoms with Crippen LogP contribution < -0.4 is 5.32 Å². The third kappa shape index (κ3) is 3.92. The zero-order chi connectivity index (χ0) is 20.4. The Morgan fingerprint density at radius 3 is 2.55 bits per heavy atom. The van der Waals surface area contributed by atoms with Crippen molar-refractivity contribution in [2.24, 2.45) is 0 Å². The molecule has 0 radical (unpaired) electrons. The van der Waals surface area contributed by atoms with Gasteiger partial charge in [-0.05, 0) is 45.1 Å². The number of nitrogens with zero attached hydrogens (tertiary/aromatic N) is 6. The van der Waals surface area contributed by atoms with Crippen molar-refractivity contribution in [2.45, 2.75) is 64.5 Å². The summed E-state index contributed by atoms with van der Waals surface area (Å²) in [6.07, 6.45) is 9.87. The minimum absolute atomic E-state index is 0.0440. The molecule has 1 saturated heterocycles. The normalized spacial score (nSPS) is 18.8. The molecular formula is C21H29N7O. The van der Waals surface area contributed by atoms with Crippen LogP contribution in [-0.2, 0) is 4.79 Å². The van der Waals surface area contributed by atoms with Gasteiger partial charge in [0.2, 0.25) is 5.91 Å². The number of piperidine rings is 1. The van der Waals surface area contributed by atoms with Gasteiger partial charge >= 0.3 is 0 Å². The SMILES string of the molecule is Cc1c(C#N)c(NC(=O)CN2CCC(n3cncn3)CC2)n(C2CCCC2)c1C. The fraction of sp³-hybridized carbons (Fsp3) is 0.619. The molecule has 1 amide bonds. The average Bonchev–Trinajstić information content (AvgIpc) is 3.46. The number of carbonyl (C=O) groups excluding carboxylic acids is 1. The first kappa shape index (κ1) is 19.6. The van der Waals surface area contributed by atoms with Gasteiger partial charge in [-0.3, -0.25) is 9.69 Å². The second-order valence-electron chi connectivity index (χ2n) is 8.29. The van der Waals surface area contributed by atoms with Crippen LogP contribution in [0.25, 0.3) is 0 Å². The molecule has 2 aromatic rings. The Bertz CT molecular complexity index is 895. The first-order valence-corrected chi connectivity index (χ1v) is 10.6. The quantitative estimate of drug-likeness (QED) is 0.840. The molecule has 1 saturated carbocycles. The maximum Gasteiger partial charge on any atom is 0.239 e. The number of hydrogen-bond acceptors (Lipinski definition) is 5. The maximum atomic E-state index is 12.8. The van der Waals surface area contributed by atoms with E-state index in [2.05, 4.69) is 37.9 Å². The molecule has 2 aromatic heterocycles. The maximum absolute atomic E-state index is 12.8. The summed E-state index contributed by atoms with van der Waals surface area (Å²) < 4.78 is 4.12. The molecule has 154 valence electrons. The molecule has 3 heterocycles. The topological polar surface area (TPSA) is 91.8 Å². The Morgan fingerprint density at radius 2 is 1.93 bits per heavy atom. The predicted molar refractivity (Wildman–Crippen MR) is 109 cm³/mol. The summed E-state index contributed by atoms with van der Waals surface area (Å²) in [6.45, 7) is 6.08. The van der Waals surface area contributed by atoms with Crippen molar-refractivity contribution in [3.05, 3.63) is 29.5 Å². The lowest BCUT2D eigenvalue weighted by Gasteiger charge is -2.31. The molecule has 8 heteroatoms. The molecule has 0 bridgehead atoms. The highest BCUT2D eigenvalue weighted by Gasteiger charge is 2.28. The summed E-state index contributed by atoms with van der Waals surface area (Å²) in [6, 6.07) is 3.05. The number of nitriles is 1. The number of hydrogen-bond donors (Lipinski definition) is 1. The molecule has 0 spiro atoms. The zero-order valence-electron chi connectivity index (χ0n) is 17.3. The van der Waals surface area contributed by atoms with Gasteiger partial charge in [0, 0.05) is 24.8 Å². The van der Waals surface area contributed by atoms with E-state index in [4.69, 9.17) is 0 Å². The molecule has 2 fully saturated rings. The van der Waals surface area contributed by atoms with Gasteiger partial charge in [-0.1, -0.05) is 12.8 Å². The lowest BCUT2D eigenvalue weighted by Crippen LogP contribution is -2.40. The molecule has 0 atom stereocenters. The van der Waals surface area contributed by atoms with Crippen molar-refractivity contribution in [2.75, 3.05) is 25.0 Å². The predicted octanol–water partition coefficient (Wildman–Crippen LogP) is 2.96. The van der Waals surface area contributed by atoms with Crippen LogP contribution in [0.15, 0.2) is 12.7 Å². The largest absolute Gasteiger partial charge is 0.327 e. The Kier molecular flexibility index (Phi) is 5.67. The van der Waals surface area contributed by atoms with Crippen molar-refractivity contribution < 1.29 is 4.79 Å². The second kappa shape index (κ2) is 8.37. The van der Waals surface area contributed by atoms with Gasteiger partial charge in [0.25, 0.3) is 0 Å². The van der Waals surface area contributed by atoms with Crippen LogP contribution in [0, 0.1) is 25.2 Å². The first-order valence-electron chi connectivity index (χ1n) is 10.6.